The van der Waals surface area contributed by atoms with Crippen molar-refractivity contribution >= 4 is 14.0 Å². The van der Waals surface area contributed by atoms with Crippen LogP contribution in [0.2, 0.25) is 25.2 Å². The maximum atomic E-state index is 11.3. The van der Waals surface area contributed by atoms with Gasteiger partial charge in [-0.15, -0.1) is 0 Å². The van der Waals surface area contributed by atoms with Gasteiger partial charge >= 0.3 is 5.97 Å². The molecule has 3 heteroatoms. The first-order valence-corrected chi connectivity index (χ1v) is 9.20. The number of hydrogen-bond acceptors (Lipinski definition) is 2. The van der Waals surface area contributed by atoms with Gasteiger partial charge in [-0.2, -0.15) is 0 Å². The lowest BCUT2D eigenvalue weighted by atomic mass is 9.96. The lowest BCUT2D eigenvalue weighted by molar-refractivity contribution is -0.153. The number of ether oxygens (including phenoxy) is 1. The molecule has 1 aliphatic heterocycles. The van der Waals surface area contributed by atoms with Crippen LogP contribution in [0.4, 0.5) is 0 Å². The van der Waals surface area contributed by atoms with Gasteiger partial charge in [0.05, 0.1) is 8.07 Å². The van der Waals surface area contributed by atoms with Crippen molar-refractivity contribution in [3.8, 4) is 0 Å². The van der Waals surface area contributed by atoms with E-state index >= 15 is 0 Å². The summed E-state index contributed by atoms with van der Waals surface area (Å²) in [6.07, 6.45) is 4.45. The maximum absolute atomic E-state index is 11.3. The minimum Gasteiger partial charge on any atom is -0.456 e. The highest BCUT2D eigenvalue weighted by Crippen LogP contribution is 2.40. The number of esters is 1. The van der Waals surface area contributed by atoms with Crippen LogP contribution in [0, 0.1) is 0 Å². The van der Waals surface area contributed by atoms with Crippen molar-refractivity contribution in [1.29, 1.82) is 0 Å². The molecule has 0 radical (unpaired) electrons. The molecule has 0 bridgehead atoms. The van der Waals surface area contributed by atoms with Crippen LogP contribution in [-0.4, -0.2) is 19.6 Å². The van der Waals surface area contributed by atoms with E-state index in [1.165, 1.54) is 18.5 Å². The van der Waals surface area contributed by atoms with E-state index in [1.807, 2.05) is 0 Å². The summed E-state index contributed by atoms with van der Waals surface area (Å²) in [5.74, 6) is -0.261. The van der Waals surface area contributed by atoms with Gasteiger partial charge in [0, 0.05) is 6.08 Å². The summed E-state index contributed by atoms with van der Waals surface area (Å²) in [6.45, 7) is 10.4. The Hall–Kier alpha value is -0.573. The van der Waals surface area contributed by atoms with Crippen LogP contribution in [0.15, 0.2) is 12.7 Å². The molecule has 0 amide bonds. The molecule has 1 saturated heterocycles. The van der Waals surface area contributed by atoms with E-state index in [9.17, 15) is 4.79 Å². The summed E-state index contributed by atoms with van der Waals surface area (Å²) >= 11 is 0. The van der Waals surface area contributed by atoms with E-state index in [2.05, 4.69) is 26.6 Å². The van der Waals surface area contributed by atoms with E-state index in [1.54, 1.807) is 0 Å². The van der Waals surface area contributed by atoms with Crippen molar-refractivity contribution in [2.75, 3.05) is 0 Å². The van der Waals surface area contributed by atoms with Crippen LogP contribution in [0.25, 0.3) is 0 Å². The number of hydrogen-bond donors (Lipinski definition) is 0. The highest BCUT2D eigenvalue weighted by atomic mass is 28.3. The summed E-state index contributed by atoms with van der Waals surface area (Å²) in [4.78, 5) is 11.3. The summed E-state index contributed by atoms with van der Waals surface area (Å²) in [5.41, 5.74) is -0.181. The van der Waals surface area contributed by atoms with Crippen LogP contribution in [0.5, 0.6) is 0 Å². The SMILES string of the molecule is C=CC(=O)OC1(CC)CCC[Si](C)(C)C1. The van der Waals surface area contributed by atoms with Gasteiger partial charge in [0.25, 0.3) is 0 Å². The second-order valence-corrected chi connectivity index (χ2v) is 10.5. The Morgan fingerprint density at radius 2 is 2.27 bits per heavy atom. The van der Waals surface area contributed by atoms with Crippen molar-refractivity contribution in [2.24, 2.45) is 0 Å². The molecule has 0 N–H and O–H groups in total. The molecular weight excluding hydrogens is 204 g/mol. The molecule has 1 aliphatic rings. The van der Waals surface area contributed by atoms with Gasteiger partial charge in [-0.1, -0.05) is 39.1 Å². The molecule has 0 aliphatic carbocycles. The van der Waals surface area contributed by atoms with E-state index in [0.717, 1.165) is 18.9 Å². The van der Waals surface area contributed by atoms with Gasteiger partial charge in [-0.05, 0) is 18.9 Å². The van der Waals surface area contributed by atoms with Gasteiger partial charge in [0.1, 0.15) is 5.60 Å². The third-order valence-electron chi connectivity index (χ3n) is 3.41. The van der Waals surface area contributed by atoms with E-state index in [0.29, 0.717) is 0 Å². The average molecular weight is 226 g/mol. The Balaban J connectivity index is 2.75. The summed E-state index contributed by atoms with van der Waals surface area (Å²) < 4.78 is 5.59. The third kappa shape index (κ3) is 3.19. The van der Waals surface area contributed by atoms with Crippen molar-refractivity contribution in [3.63, 3.8) is 0 Å². The molecule has 86 valence electrons. The van der Waals surface area contributed by atoms with Crippen molar-refractivity contribution < 1.29 is 9.53 Å². The quantitative estimate of drug-likeness (QED) is 0.419. The highest BCUT2D eigenvalue weighted by Gasteiger charge is 2.42. The van der Waals surface area contributed by atoms with Crippen LogP contribution in [-0.2, 0) is 9.53 Å². The maximum Gasteiger partial charge on any atom is 0.330 e. The molecule has 1 unspecified atom stereocenters. The first-order valence-electron chi connectivity index (χ1n) is 5.78. The second kappa shape index (κ2) is 4.52. The molecule has 15 heavy (non-hydrogen) atoms. The van der Waals surface area contributed by atoms with E-state index in [-0.39, 0.29) is 11.6 Å². The fourth-order valence-electron chi connectivity index (χ4n) is 2.65. The highest BCUT2D eigenvalue weighted by molar-refractivity contribution is 6.77. The Labute approximate surface area is 93.7 Å². The number of carbonyl (C=O) groups excluding carboxylic acids is 1. The van der Waals surface area contributed by atoms with Crippen LogP contribution in [0.1, 0.15) is 26.2 Å². The molecule has 1 heterocycles. The Bertz CT molecular complexity index is 260. The minimum atomic E-state index is -1.14. The van der Waals surface area contributed by atoms with Gasteiger partial charge in [-0.3, -0.25) is 0 Å². The molecule has 2 nitrogen and oxygen atoms in total. The van der Waals surface area contributed by atoms with Gasteiger partial charge in [0.15, 0.2) is 0 Å². The predicted octanol–water partition coefficient (Wildman–Crippen LogP) is 3.37. The zero-order valence-corrected chi connectivity index (χ0v) is 11.1. The molecule has 1 rings (SSSR count). The zero-order valence-electron chi connectivity index (χ0n) is 10.1. The zero-order chi connectivity index (χ0) is 11.5. The van der Waals surface area contributed by atoms with Crippen LogP contribution in [0.3, 0.4) is 0 Å². The molecule has 0 aromatic heterocycles. The van der Waals surface area contributed by atoms with Crippen LogP contribution < -0.4 is 0 Å². The number of carbonyl (C=O) groups is 1. The molecule has 0 aromatic carbocycles. The monoisotopic (exact) mass is 226 g/mol. The van der Waals surface area contributed by atoms with Crippen molar-refractivity contribution in [3.05, 3.63) is 12.7 Å². The van der Waals surface area contributed by atoms with Gasteiger partial charge in [0.2, 0.25) is 0 Å². The van der Waals surface area contributed by atoms with Crippen molar-refractivity contribution in [1.82, 2.24) is 0 Å². The topological polar surface area (TPSA) is 26.3 Å². The lowest BCUT2D eigenvalue weighted by Gasteiger charge is -2.42. The standard InChI is InChI=1S/C12H22O2Si/c1-5-11(13)14-12(6-2)8-7-9-15(3,4)10-12/h5H,1,6-10H2,2-4H3. The summed E-state index contributed by atoms with van der Waals surface area (Å²) in [5, 5.41) is 0. The van der Waals surface area contributed by atoms with Gasteiger partial charge < -0.3 is 4.74 Å². The Morgan fingerprint density at radius 3 is 2.73 bits per heavy atom. The van der Waals surface area contributed by atoms with E-state index < -0.39 is 8.07 Å². The van der Waals surface area contributed by atoms with Crippen molar-refractivity contribution in [2.45, 2.75) is 57.0 Å². The summed E-state index contributed by atoms with van der Waals surface area (Å²) in [6, 6.07) is 2.47. The minimum absolute atomic E-state index is 0.181. The molecule has 1 fully saturated rings. The normalized spacial score (nSPS) is 29.5. The lowest BCUT2D eigenvalue weighted by Crippen LogP contribution is -2.46. The average Bonchev–Trinajstić information content (AvgIpc) is 2.16. The Morgan fingerprint density at radius 1 is 1.60 bits per heavy atom. The summed E-state index contributed by atoms with van der Waals surface area (Å²) in [7, 11) is -1.14. The second-order valence-electron chi connectivity index (χ2n) is 5.36. The smallest absolute Gasteiger partial charge is 0.330 e. The van der Waals surface area contributed by atoms with Gasteiger partial charge in [-0.25, -0.2) is 4.79 Å². The largest absolute Gasteiger partial charge is 0.456 e. The van der Waals surface area contributed by atoms with Crippen LogP contribution >= 0.6 is 0 Å². The Kier molecular flexibility index (Phi) is 3.76. The molecule has 0 saturated carbocycles. The van der Waals surface area contributed by atoms with E-state index in [4.69, 9.17) is 4.74 Å². The predicted molar refractivity (Wildman–Crippen MR) is 65.6 cm³/mol. The number of rotatable bonds is 3. The third-order valence-corrected chi connectivity index (χ3v) is 6.72. The molecule has 1 atom stereocenters. The first-order chi connectivity index (χ1) is 6.93. The molecule has 0 spiro atoms. The molecule has 0 aromatic rings. The molecular formula is C12H22O2Si. The fraction of sp³-hybridized carbons (Fsp3) is 0.750. The fourth-order valence-corrected chi connectivity index (χ4v) is 6.21. The first kappa shape index (κ1) is 12.5.